The fourth-order valence-corrected chi connectivity index (χ4v) is 1.48. The smallest absolute Gasteiger partial charge is 0.274 e. The second-order valence-electron chi connectivity index (χ2n) is 3.90. The predicted octanol–water partition coefficient (Wildman–Crippen LogP) is 1.39. The summed E-state index contributed by atoms with van der Waals surface area (Å²) < 4.78 is 6.79. The molecule has 0 aliphatic heterocycles. The van der Waals surface area contributed by atoms with Crippen LogP contribution in [0.3, 0.4) is 0 Å². The summed E-state index contributed by atoms with van der Waals surface area (Å²) in [5, 5.41) is 7.97. The second-order valence-corrected chi connectivity index (χ2v) is 3.90. The molecule has 2 aromatic heterocycles. The lowest BCUT2D eigenvalue weighted by Gasteiger charge is -1.97. The van der Waals surface area contributed by atoms with Gasteiger partial charge in [-0.25, -0.2) is 5.43 Å². The van der Waals surface area contributed by atoms with Crippen molar-refractivity contribution in [2.75, 3.05) is 0 Å². The van der Waals surface area contributed by atoms with Gasteiger partial charge in [-0.05, 0) is 19.9 Å². The van der Waals surface area contributed by atoms with Gasteiger partial charge in [0.1, 0.15) is 5.76 Å². The Morgan fingerprint density at radius 3 is 2.89 bits per heavy atom. The molecule has 0 aliphatic rings. The molecule has 0 saturated carbocycles. The van der Waals surface area contributed by atoms with E-state index in [1.165, 1.54) is 6.26 Å². The molecule has 0 aromatic carbocycles. The fourth-order valence-electron chi connectivity index (χ4n) is 1.48. The van der Waals surface area contributed by atoms with Crippen molar-refractivity contribution in [1.29, 1.82) is 0 Å². The molecule has 2 rings (SSSR count). The quantitative estimate of drug-likeness (QED) is 0.657. The van der Waals surface area contributed by atoms with E-state index in [-0.39, 0.29) is 5.91 Å². The van der Waals surface area contributed by atoms with Crippen LogP contribution in [0.1, 0.15) is 27.4 Å². The van der Waals surface area contributed by atoms with Gasteiger partial charge in [-0.1, -0.05) is 0 Å². The highest BCUT2D eigenvalue weighted by atomic mass is 16.3. The van der Waals surface area contributed by atoms with E-state index < -0.39 is 0 Å². The van der Waals surface area contributed by atoms with Gasteiger partial charge in [-0.3, -0.25) is 9.48 Å². The van der Waals surface area contributed by atoms with Crippen molar-refractivity contribution in [1.82, 2.24) is 15.2 Å². The van der Waals surface area contributed by atoms with Crippen molar-refractivity contribution in [3.63, 3.8) is 0 Å². The van der Waals surface area contributed by atoms with Crippen molar-refractivity contribution in [3.05, 3.63) is 41.1 Å². The van der Waals surface area contributed by atoms with E-state index >= 15 is 0 Å². The van der Waals surface area contributed by atoms with Gasteiger partial charge in [0.25, 0.3) is 5.91 Å². The number of amides is 1. The van der Waals surface area contributed by atoms with Crippen molar-refractivity contribution in [3.8, 4) is 0 Å². The van der Waals surface area contributed by atoms with E-state index in [1.54, 1.807) is 30.1 Å². The van der Waals surface area contributed by atoms with Crippen molar-refractivity contribution < 1.29 is 9.21 Å². The number of carbonyl (C=O) groups excluding carboxylic acids is 1. The van der Waals surface area contributed by atoms with Gasteiger partial charge in [-0.2, -0.15) is 10.2 Å². The van der Waals surface area contributed by atoms with Gasteiger partial charge in [0, 0.05) is 18.3 Å². The fraction of sp³-hybridized carbons (Fsp3) is 0.250. The molecular formula is C12H14N4O2. The minimum absolute atomic E-state index is 0.293. The minimum Gasteiger partial charge on any atom is -0.469 e. The van der Waals surface area contributed by atoms with E-state index in [4.69, 9.17) is 4.42 Å². The molecule has 6 heteroatoms. The van der Waals surface area contributed by atoms with Gasteiger partial charge in [0.05, 0.1) is 24.2 Å². The van der Waals surface area contributed by atoms with E-state index in [2.05, 4.69) is 15.6 Å². The summed E-state index contributed by atoms with van der Waals surface area (Å²) in [4.78, 5) is 11.7. The SMILES string of the molecule is Cc1occc1C(=O)NN=Cc1cnn(C)c1C. The van der Waals surface area contributed by atoms with Crippen LogP contribution < -0.4 is 5.43 Å². The van der Waals surface area contributed by atoms with Gasteiger partial charge < -0.3 is 4.42 Å². The molecule has 1 amide bonds. The lowest BCUT2D eigenvalue weighted by atomic mass is 10.2. The Kier molecular flexibility index (Phi) is 3.27. The van der Waals surface area contributed by atoms with E-state index in [0.29, 0.717) is 11.3 Å². The highest BCUT2D eigenvalue weighted by Crippen LogP contribution is 2.08. The first-order chi connectivity index (χ1) is 8.59. The summed E-state index contributed by atoms with van der Waals surface area (Å²) >= 11 is 0. The number of hydrogen-bond acceptors (Lipinski definition) is 4. The molecule has 0 atom stereocenters. The molecule has 0 fully saturated rings. The second kappa shape index (κ2) is 4.87. The van der Waals surface area contributed by atoms with Crippen LogP contribution in [0.25, 0.3) is 0 Å². The van der Waals surface area contributed by atoms with Gasteiger partial charge in [-0.15, -0.1) is 0 Å². The van der Waals surface area contributed by atoms with Gasteiger partial charge in [0.2, 0.25) is 0 Å². The molecule has 6 nitrogen and oxygen atoms in total. The maximum atomic E-state index is 11.7. The van der Waals surface area contributed by atoms with Crippen LogP contribution in [0.15, 0.2) is 28.0 Å². The summed E-state index contributed by atoms with van der Waals surface area (Å²) in [6.45, 7) is 3.65. The summed E-state index contributed by atoms with van der Waals surface area (Å²) in [6, 6.07) is 1.61. The first-order valence-electron chi connectivity index (χ1n) is 5.45. The number of aryl methyl sites for hydroxylation is 2. The lowest BCUT2D eigenvalue weighted by Crippen LogP contribution is -2.17. The monoisotopic (exact) mass is 246 g/mol. The summed E-state index contributed by atoms with van der Waals surface area (Å²) in [5.74, 6) is 0.277. The van der Waals surface area contributed by atoms with Gasteiger partial charge in [0.15, 0.2) is 0 Å². The first kappa shape index (κ1) is 12.1. The first-order valence-corrected chi connectivity index (χ1v) is 5.45. The topological polar surface area (TPSA) is 72.4 Å². The zero-order valence-electron chi connectivity index (χ0n) is 10.5. The number of nitrogens with zero attached hydrogens (tertiary/aromatic N) is 3. The molecule has 2 aromatic rings. The number of hydrogen-bond donors (Lipinski definition) is 1. The third kappa shape index (κ3) is 2.32. The summed E-state index contributed by atoms with van der Waals surface area (Å²) in [7, 11) is 1.85. The molecule has 2 heterocycles. The summed E-state index contributed by atoms with van der Waals surface area (Å²) in [5.41, 5.74) is 4.77. The van der Waals surface area contributed by atoms with Gasteiger partial charge >= 0.3 is 0 Å². The molecule has 94 valence electrons. The zero-order chi connectivity index (χ0) is 13.1. The van der Waals surface area contributed by atoms with Crippen LogP contribution in [-0.4, -0.2) is 21.9 Å². The lowest BCUT2D eigenvalue weighted by molar-refractivity contribution is 0.0953. The van der Waals surface area contributed by atoms with E-state index in [1.807, 2.05) is 14.0 Å². The Balaban J connectivity index is 2.02. The molecule has 0 bridgehead atoms. The summed E-state index contributed by atoms with van der Waals surface area (Å²) in [6.07, 6.45) is 4.73. The highest BCUT2D eigenvalue weighted by Gasteiger charge is 2.09. The minimum atomic E-state index is -0.293. The average molecular weight is 246 g/mol. The standard InChI is InChI=1S/C12H14N4O2/c1-8-10(7-14-16(8)3)6-13-15-12(17)11-4-5-18-9(11)2/h4-7H,1-3H3,(H,15,17). The van der Waals surface area contributed by atoms with Crippen molar-refractivity contribution in [2.24, 2.45) is 12.1 Å². The van der Waals surface area contributed by atoms with Crippen LogP contribution in [0.2, 0.25) is 0 Å². The van der Waals surface area contributed by atoms with Crippen molar-refractivity contribution in [2.45, 2.75) is 13.8 Å². The predicted molar refractivity (Wildman–Crippen MR) is 66.5 cm³/mol. The number of carbonyl (C=O) groups is 1. The zero-order valence-corrected chi connectivity index (χ0v) is 10.5. The van der Waals surface area contributed by atoms with Crippen molar-refractivity contribution >= 4 is 12.1 Å². The number of furan rings is 1. The maximum Gasteiger partial charge on any atom is 0.274 e. The van der Waals surface area contributed by atoms with Crippen LogP contribution >= 0.6 is 0 Å². The number of aromatic nitrogens is 2. The van der Waals surface area contributed by atoms with Crippen LogP contribution in [0, 0.1) is 13.8 Å². The van der Waals surface area contributed by atoms with Crippen LogP contribution in [0.5, 0.6) is 0 Å². The number of hydrazone groups is 1. The Morgan fingerprint density at radius 2 is 2.33 bits per heavy atom. The van der Waals surface area contributed by atoms with Crippen LogP contribution in [0.4, 0.5) is 0 Å². The molecule has 0 unspecified atom stereocenters. The average Bonchev–Trinajstić information content (AvgIpc) is 2.89. The largest absolute Gasteiger partial charge is 0.469 e. The van der Waals surface area contributed by atoms with E-state index in [9.17, 15) is 4.79 Å². The molecule has 0 saturated heterocycles. The van der Waals surface area contributed by atoms with Crippen LogP contribution in [-0.2, 0) is 7.05 Å². The Hall–Kier alpha value is -2.37. The normalized spacial score (nSPS) is 11.1. The third-order valence-corrected chi connectivity index (χ3v) is 2.75. The Morgan fingerprint density at radius 1 is 1.56 bits per heavy atom. The molecule has 0 aliphatic carbocycles. The highest BCUT2D eigenvalue weighted by molar-refractivity contribution is 5.95. The Bertz CT molecular complexity index is 595. The molecule has 0 spiro atoms. The van der Waals surface area contributed by atoms with E-state index in [0.717, 1.165) is 11.3 Å². The molecular weight excluding hydrogens is 232 g/mol. The molecule has 18 heavy (non-hydrogen) atoms. The number of rotatable bonds is 3. The molecule has 0 radical (unpaired) electrons. The third-order valence-electron chi connectivity index (χ3n) is 2.75. The molecule has 1 N–H and O–H groups in total. The Labute approximate surface area is 104 Å². The maximum absolute atomic E-state index is 11.7. The number of nitrogens with one attached hydrogen (secondary N) is 1.